The standard InChI is InChI=1S/C16H24N2/c1-16(2)8-7-11(10-16)18-15-9-14(17)12-5-3-4-6-13(12)15/h3-6,11,14-15,18H,7-10,17H2,1-2H3. The monoisotopic (exact) mass is 244 g/mol. The van der Waals surface area contributed by atoms with Gasteiger partial charge in [0.2, 0.25) is 0 Å². The molecule has 0 radical (unpaired) electrons. The molecule has 0 aromatic heterocycles. The van der Waals surface area contributed by atoms with Crippen molar-refractivity contribution in [3.05, 3.63) is 35.4 Å². The highest BCUT2D eigenvalue weighted by atomic mass is 15.0. The van der Waals surface area contributed by atoms with Gasteiger partial charge in [0.1, 0.15) is 0 Å². The van der Waals surface area contributed by atoms with Crippen molar-refractivity contribution in [2.24, 2.45) is 11.1 Å². The number of rotatable bonds is 2. The fourth-order valence-electron chi connectivity index (χ4n) is 3.69. The van der Waals surface area contributed by atoms with Crippen molar-refractivity contribution in [2.75, 3.05) is 0 Å². The van der Waals surface area contributed by atoms with Gasteiger partial charge in [0.05, 0.1) is 0 Å². The van der Waals surface area contributed by atoms with E-state index < -0.39 is 0 Å². The van der Waals surface area contributed by atoms with E-state index in [1.165, 1.54) is 30.4 Å². The largest absolute Gasteiger partial charge is 0.324 e. The zero-order chi connectivity index (χ0) is 12.8. The molecule has 3 atom stereocenters. The molecule has 2 aliphatic rings. The molecule has 0 aliphatic heterocycles. The molecule has 3 unspecified atom stereocenters. The summed E-state index contributed by atoms with van der Waals surface area (Å²) in [5.41, 5.74) is 9.50. The van der Waals surface area contributed by atoms with Gasteiger partial charge in [-0.05, 0) is 42.2 Å². The van der Waals surface area contributed by atoms with Crippen molar-refractivity contribution < 1.29 is 0 Å². The van der Waals surface area contributed by atoms with E-state index in [0.29, 0.717) is 17.5 Å². The van der Waals surface area contributed by atoms with Gasteiger partial charge in [-0.2, -0.15) is 0 Å². The number of nitrogens with one attached hydrogen (secondary N) is 1. The molecule has 2 heteroatoms. The van der Waals surface area contributed by atoms with E-state index in [2.05, 4.69) is 43.4 Å². The Morgan fingerprint density at radius 3 is 2.61 bits per heavy atom. The Hall–Kier alpha value is -0.860. The highest BCUT2D eigenvalue weighted by molar-refractivity contribution is 5.37. The van der Waals surface area contributed by atoms with E-state index in [1.807, 2.05) is 0 Å². The van der Waals surface area contributed by atoms with Crippen molar-refractivity contribution in [1.82, 2.24) is 5.32 Å². The van der Waals surface area contributed by atoms with Crippen molar-refractivity contribution >= 4 is 0 Å². The van der Waals surface area contributed by atoms with Crippen molar-refractivity contribution in [1.29, 1.82) is 0 Å². The Balaban J connectivity index is 1.72. The second-order valence-corrected chi connectivity index (χ2v) is 6.79. The first-order valence-corrected chi connectivity index (χ1v) is 7.16. The minimum absolute atomic E-state index is 0.216. The summed E-state index contributed by atoms with van der Waals surface area (Å²) in [7, 11) is 0. The van der Waals surface area contributed by atoms with Crippen LogP contribution in [0.3, 0.4) is 0 Å². The second kappa shape index (κ2) is 4.36. The topological polar surface area (TPSA) is 38.0 Å². The maximum absolute atomic E-state index is 6.22. The Bertz CT molecular complexity index is 438. The molecule has 1 aromatic rings. The summed E-state index contributed by atoms with van der Waals surface area (Å²) in [6.45, 7) is 4.76. The van der Waals surface area contributed by atoms with Crippen LogP contribution in [-0.2, 0) is 0 Å². The second-order valence-electron chi connectivity index (χ2n) is 6.79. The Morgan fingerprint density at radius 2 is 1.94 bits per heavy atom. The molecule has 0 spiro atoms. The highest BCUT2D eigenvalue weighted by Crippen LogP contribution is 2.41. The predicted molar refractivity (Wildman–Crippen MR) is 75.3 cm³/mol. The molecule has 0 amide bonds. The van der Waals surface area contributed by atoms with Crippen LogP contribution in [0.2, 0.25) is 0 Å². The molecular weight excluding hydrogens is 220 g/mol. The molecule has 2 aliphatic carbocycles. The van der Waals surface area contributed by atoms with Crippen molar-refractivity contribution in [3.63, 3.8) is 0 Å². The molecular formula is C16H24N2. The fraction of sp³-hybridized carbons (Fsp3) is 0.625. The summed E-state index contributed by atoms with van der Waals surface area (Å²) in [6.07, 6.45) is 4.99. The third kappa shape index (κ3) is 2.19. The lowest BCUT2D eigenvalue weighted by Crippen LogP contribution is -2.30. The van der Waals surface area contributed by atoms with Gasteiger partial charge in [-0.25, -0.2) is 0 Å². The number of hydrogen-bond acceptors (Lipinski definition) is 2. The van der Waals surface area contributed by atoms with Crippen LogP contribution in [0.4, 0.5) is 0 Å². The van der Waals surface area contributed by atoms with Crippen LogP contribution in [-0.4, -0.2) is 6.04 Å². The SMILES string of the molecule is CC1(C)CCC(NC2CC(N)c3ccccc32)C1. The van der Waals surface area contributed by atoms with Crippen LogP contribution in [0.25, 0.3) is 0 Å². The summed E-state index contributed by atoms with van der Waals surface area (Å²) in [6, 6.07) is 10.00. The minimum Gasteiger partial charge on any atom is -0.324 e. The van der Waals surface area contributed by atoms with Crippen LogP contribution >= 0.6 is 0 Å². The third-order valence-electron chi connectivity index (χ3n) is 4.67. The molecule has 0 saturated heterocycles. The van der Waals surface area contributed by atoms with Crippen LogP contribution in [0, 0.1) is 5.41 Å². The van der Waals surface area contributed by atoms with E-state index in [1.54, 1.807) is 0 Å². The van der Waals surface area contributed by atoms with E-state index in [9.17, 15) is 0 Å². The fourth-order valence-corrected chi connectivity index (χ4v) is 3.69. The Kier molecular flexibility index (Phi) is 2.95. The smallest absolute Gasteiger partial charge is 0.0344 e. The van der Waals surface area contributed by atoms with Gasteiger partial charge < -0.3 is 11.1 Å². The first kappa shape index (κ1) is 12.2. The number of hydrogen-bond donors (Lipinski definition) is 2. The lowest BCUT2D eigenvalue weighted by atomic mass is 9.91. The number of fused-ring (bicyclic) bond motifs is 1. The van der Waals surface area contributed by atoms with Gasteiger partial charge in [0.25, 0.3) is 0 Å². The van der Waals surface area contributed by atoms with Gasteiger partial charge in [0, 0.05) is 18.1 Å². The summed E-state index contributed by atoms with van der Waals surface area (Å²) in [5.74, 6) is 0. The van der Waals surface area contributed by atoms with Gasteiger partial charge in [-0.3, -0.25) is 0 Å². The maximum atomic E-state index is 6.22. The molecule has 1 aromatic carbocycles. The van der Waals surface area contributed by atoms with Gasteiger partial charge in [-0.15, -0.1) is 0 Å². The van der Waals surface area contributed by atoms with Crippen molar-refractivity contribution in [3.8, 4) is 0 Å². The number of benzene rings is 1. The van der Waals surface area contributed by atoms with Crippen LogP contribution < -0.4 is 11.1 Å². The summed E-state index contributed by atoms with van der Waals surface area (Å²) >= 11 is 0. The lowest BCUT2D eigenvalue weighted by molar-refractivity contribution is 0.349. The maximum Gasteiger partial charge on any atom is 0.0344 e. The molecule has 1 saturated carbocycles. The number of nitrogens with two attached hydrogens (primary N) is 1. The van der Waals surface area contributed by atoms with Gasteiger partial charge >= 0.3 is 0 Å². The molecule has 3 rings (SSSR count). The van der Waals surface area contributed by atoms with Crippen LogP contribution in [0.15, 0.2) is 24.3 Å². The van der Waals surface area contributed by atoms with Crippen LogP contribution in [0.1, 0.15) is 62.7 Å². The van der Waals surface area contributed by atoms with E-state index in [0.717, 1.165) is 6.42 Å². The Morgan fingerprint density at radius 1 is 1.22 bits per heavy atom. The average Bonchev–Trinajstić information content (AvgIpc) is 2.82. The third-order valence-corrected chi connectivity index (χ3v) is 4.67. The minimum atomic E-state index is 0.216. The molecule has 2 nitrogen and oxygen atoms in total. The zero-order valence-corrected chi connectivity index (χ0v) is 11.4. The zero-order valence-electron chi connectivity index (χ0n) is 11.4. The summed E-state index contributed by atoms with van der Waals surface area (Å²) < 4.78 is 0. The molecule has 3 N–H and O–H groups in total. The first-order valence-electron chi connectivity index (χ1n) is 7.16. The molecule has 0 bridgehead atoms. The highest BCUT2D eigenvalue weighted by Gasteiger charge is 2.35. The molecule has 18 heavy (non-hydrogen) atoms. The Labute approximate surface area is 110 Å². The normalized spacial score (nSPS) is 33.6. The predicted octanol–water partition coefficient (Wildman–Crippen LogP) is 3.30. The van der Waals surface area contributed by atoms with Gasteiger partial charge in [-0.1, -0.05) is 38.1 Å². The molecule has 1 fully saturated rings. The molecule has 0 heterocycles. The lowest BCUT2D eigenvalue weighted by Gasteiger charge is -2.22. The van der Waals surface area contributed by atoms with Gasteiger partial charge in [0.15, 0.2) is 0 Å². The summed E-state index contributed by atoms with van der Waals surface area (Å²) in [5, 5.41) is 3.84. The van der Waals surface area contributed by atoms with Crippen molar-refractivity contribution in [2.45, 2.75) is 57.7 Å². The first-order chi connectivity index (χ1) is 8.55. The average molecular weight is 244 g/mol. The van der Waals surface area contributed by atoms with E-state index >= 15 is 0 Å². The molecule has 98 valence electrons. The quantitative estimate of drug-likeness (QED) is 0.837. The van der Waals surface area contributed by atoms with Crippen LogP contribution in [0.5, 0.6) is 0 Å². The summed E-state index contributed by atoms with van der Waals surface area (Å²) in [4.78, 5) is 0. The van der Waals surface area contributed by atoms with E-state index in [-0.39, 0.29) is 6.04 Å². The van der Waals surface area contributed by atoms with E-state index in [4.69, 9.17) is 5.73 Å².